The van der Waals surface area contributed by atoms with E-state index in [2.05, 4.69) is 28.2 Å². The van der Waals surface area contributed by atoms with Gasteiger partial charge in [0.2, 0.25) is 0 Å². The van der Waals surface area contributed by atoms with Gasteiger partial charge in [0.05, 0.1) is 5.60 Å². The fourth-order valence-electron chi connectivity index (χ4n) is 2.86. The second-order valence-corrected chi connectivity index (χ2v) is 6.32. The van der Waals surface area contributed by atoms with Crippen molar-refractivity contribution in [2.75, 3.05) is 6.54 Å². The molecule has 1 aliphatic rings. The van der Waals surface area contributed by atoms with E-state index >= 15 is 0 Å². The third kappa shape index (κ3) is 4.01. The van der Waals surface area contributed by atoms with Crippen LogP contribution in [-0.2, 0) is 6.42 Å². The summed E-state index contributed by atoms with van der Waals surface area (Å²) in [6.07, 6.45) is 4.03. The molecular formula is C15H21BrFNO. The van der Waals surface area contributed by atoms with Gasteiger partial charge < -0.3 is 10.4 Å². The highest BCUT2D eigenvalue weighted by molar-refractivity contribution is 9.10. The zero-order valence-corrected chi connectivity index (χ0v) is 12.8. The van der Waals surface area contributed by atoms with Crippen LogP contribution in [0.25, 0.3) is 0 Å². The first-order chi connectivity index (χ1) is 9.02. The predicted octanol–water partition coefficient (Wildman–Crippen LogP) is 3.41. The van der Waals surface area contributed by atoms with Gasteiger partial charge in [-0.1, -0.05) is 22.9 Å². The van der Waals surface area contributed by atoms with Crippen LogP contribution in [0.3, 0.4) is 0 Å². The number of aliphatic hydroxyl groups is 1. The van der Waals surface area contributed by atoms with E-state index in [0.29, 0.717) is 12.5 Å². The zero-order chi connectivity index (χ0) is 13.9. The van der Waals surface area contributed by atoms with Gasteiger partial charge in [-0.05, 0) is 56.0 Å². The summed E-state index contributed by atoms with van der Waals surface area (Å²) in [6.45, 7) is 3.07. The Labute approximate surface area is 122 Å². The Morgan fingerprint density at radius 3 is 2.74 bits per heavy atom. The third-order valence-corrected chi connectivity index (χ3v) is 4.71. The molecule has 0 unspecified atom stereocenters. The topological polar surface area (TPSA) is 32.3 Å². The molecule has 1 fully saturated rings. The zero-order valence-electron chi connectivity index (χ0n) is 11.3. The Morgan fingerprint density at radius 2 is 2.11 bits per heavy atom. The van der Waals surface area contributed by atoms with Gasteiger partial charge in [-0.25, -0.2) is 4.39 Å². The van der Waals surface area contributed by atoms with Gasteiger partial charge in [0, 0.05) is 16.9 Å². The quantitative estimate of drug-likeness (QED) is 0.887. The van der Waals surface area contributed by atoms with E-state index in [1.807, 2.05) is 0 Å². The van der Waals surface area contributed by atoms with Gasteiger partial charge in [-0.2, -0.15) is 0 Å². The molecule has 0 heterocycles. The summed E-state index contributed by atoms with van der Waals surface area (Å²) in [4.78, 5) is 0. The van der Waals surface area contributed by atoms with Crippen molar-refractivity contribution < 1.29 is 9.50 Å². The van der Waals surface area contributed by atoms with E-state index in [1.165, 1.54) is 12.1 Å². The molecule has 1 aliphatic carbocycles. The van der Waals surface area contributed by atoms with Crippen molar-refractivity contribution in [2.24, 2.45) is 0 Å². The minimum atomic E-state index is -0.692. The molecular weight excluding hydrogens is 309 g/mol. The van der Waals surface area contributed by atoms with Gasteiger partial charge in [0.1, 0.15) is 5.82 Å². The Bertz CT molecular complexity index is 430. The summed E-state index contributed by atoms with van der Waals surface area (Å²) in [6, 6.07) is 5.16. The minimum Gasteiger partial charge on any atom is -0.390 e. The van der Waals surface area contributed by atoms with Crippen LogP contribution in [0.15, 0.2) is 22.7 Å². The highest BCUT2D eigenvalue weighted by Gasteiger charge is 2.33. The molecule has 0 saturated heterocycles. The molecule has 4 heteroatoms. The van der Waals surface area contributed by atoms with Crippen LogP contribution < -0.4 is 5.32 Å². The number of rotatable bonds is 4. The Kier molecular flexibility index (Phi) is 4.98. The largest absolute Gasteiger partial charge is 0.390 e. The number of nitrogens with one attached hydrogen (secondary N) is 1. The molecule has 2 N–H and O–H groups in total. The SMILES string of the molecule is CCNC1CCC(O)(Cc2cc(F)ccc2Br)CC1. The molecule has 0 amide bonds. The molecule has 106 valence electrons. The molecule has 0 radical (unpaired) electrons. The minimum absolute atomic E-state index is 0.247. The lowest BCUT2D eigenvalue weighted by Crippen LogP contribution is -2.42. The molecule has 0 bridgehead atoms. The molecule has 0 atom stereocenters. The fraction of sp³-hybridized carbons (Fsp3) is 0.600. The normalized spacial score (nSPS) is 27.5. The Balaban J connectivity index is 2.00. The van der Waals surface area contributed by atoms with Crippen molar-refractivity contribution in [3.05, 3.63) is 34.1 Å². The van der Waals surface area contributed by atoms with Crippen LogP contribution in [0.5, 0.6) is 0 Å². The van der Waals surface area contributed by atoms with E-state index in [9.17, 15) is 9.50 Å². The second kappa shape index (κ2) is 6.33. The molecule has 19 heavy (non-hydrogen) atoms. The van der Waals surface area contributed by atoms with E-state index in [-0.39, 0.29) is 5.82 Å². The molecule has 1 saturated carbocycles. The summed E-state index contributed by atoms with van der Waals surface area (Å²) < 4.78 is 14.1. The summed E-state index contributed by atoms with van der Waals surface area (Å²) in [5.74, 6) is -0.247. The van der Waals surface area contributed by atoms with E-state index in [4.69, 9.17) is 0 Å². The first-order valence-corrected chi connectivity index (χ1v) is 7.71. The lowest BCUT2D eigenvalue weighted by Gasteiger charge is -2.36. The Hall–Kier alpha value is -0.450. The average molecular weight is 330 g/mol. The smallest absolute Gasteiger partial charge is 0.123 e. The lowest BCUT2D eigenvalue weighted by atomic mass is 9.78. The molecule has 1 aromatic rings. The van der Waals surface area contributed by atoms with Crippen LogP contribution in [-0.4, -0.2) is 23.3 Å². The van der Waals surface area contributed by atoms with Crippen molar-refractivity contribution >= 4 is 15.9 Å². The van der Waals surface area contributed by atoms with Crippen molar-refractivity contribution in [3.63, 3.8) is 0 Å². The standard InChI is InChI=1S/C15H21BrFNO/c1-2-18-13-5-7-15(19,8-6-13)10-11-9-12(17)3-4-14(11)16/h3-4,9,13,18-19H,2,5-8,10H2,1H3. The molecule has 2 nitrogen and oxygen atoms in total. The summed E-state index contributed by atoms with van der Waals surface area (Å²) in [5.41, 5.74) is 0.159. The predicted molar refractivity (Wildman–Crippen MR) is 78.7 cm³/mol. The second-order valence-electron chi connectivity index (χ2n) is 5.47. The van der Waals surface area contributed by atoms with Crippen LogP contribution in [0.1, 0.15) is 38.2 Å². The number of hydrogen-bond donors (Lipinski definition) is 2. The van der Waals surface area contributed by atoms with Crippen molar-refractivity contribution in [1.82, 2.24) is 5.32 Å². The monoisotopic (exact) mass is 329 g/mol. The van der Waals surface area contributed by atoms with Gasteiger partial charge in [0.15, 0.2) is 0 Å². The molecule has 0 spiro atoms. The van der Waals surface area contributed by atoms with E-state index < -0.39 is 5.60 Å². The molecule has 0 aliphatic heterocycles. The molecule has 1 aromatic carbocycles. The first kappa shape index (κ1) is 14.9. The maximum Gasteiger partial charge on any atom is 0.123 e. The summed E-state index contributed by atoms with van der Waals surface area (Å²) >= 11 is 3.43. The number of benzene rings is 1. The maximum atomic E-state index is 13.3. The van der Waals surface area contributed by atoms with Gasteiger partial charge in [0.25, 0.3) is 0 Å². The average Bonchev–Trinajstić information content (AvgIpc) is 2.37. The number of halogens is 2. The van der Waals surface area contributed by atoms with E-state index in [0.717, 1.165) is 42.3 Å². The fourth-order valence-corrected chi connectivity index (χ4v) is 3.24. The highest BCUT2D eigenvalue weighted by Crippen LogP contribution is 2.33. The summed E-state index contributed by atoms with van der Waals surface area (Å²) in [5, 5.41) is 14.1. The van der Waals surface area contributed by atoms with Crippen molar-refractivity contribution in [3.8, 4) is 0 Å². The van der Waals surface area contributed by atoms with Gasteiger partial charge in [-0.15, -0.1) is 0 Å². The first-order valence-electron chi connectivity index (χ1n) is 6.92. The lowest BCUT2D eigenvalue weighted by molar-refractivity contribution is -0.00311. The van der Waals surface area contributed by atoms with Crippen LogP contribution in [0.2, 0.25) is 0 Å². The number of hydrogen-bond acceptors (Lipinski definition) is 2. The van der Waals surface area contributed by atoms with Gasteiger partial charge in [-0.3, -0.25) is 0 Å². The van der Waals surface area contributed by atoms with Crippen LogP contribution in [0, 0.1) is 5.82 Å². The summed E-state index contributed by atoms with van der Waals surface area (Å²) in [7, 11) is 0. The van der Waals surface area contributed by atoms with Crippen LogP contribution in [0.4, 0.5) is 4.39 Å². The molecule has 0 aromatic heterocycles. The maximum absolute atomic E-state index is 13.3. The van der Waals surface area contributed by atoms with Crippen LogP contribution >= 0.6 is 15.9 Å². The van der Waals surface area contributed by atoms with E-state index in [1.54, 1.807) is 6.07 Å². The highest BCUT2D eigenvalue weighted by atomic mass is 79.9. The van der Waals surface area contributed by atoms with Gasteiger partial charge >= 0.3 is 0 Å². The van der Waals surface area contributed by atoms with Crippen molar-refractivity contribution in [1.29, 1.82) is 0 Å². The Morgan fingerprint density at radius 1 is 1.42 bits per heavy atom. The molecule has 2 rings (SSSR count). The van der Waals surface area contributed by atoms with Crippen molar-refractivity contribution in [2.45, 2.75) is 50.7 Å². The third-order valence-electron chi connectivity index (χ3n) is 3.94.